The van der Waals surface area contributed by atoms with Crippen LogP contribution in [0, 0.1) is 5.82 Å². The lowest BCUT2D eigenvalue weighted by Crippen LogP contribution is -2.07. The molecule has 0 aliphatic heterocycles. The molecule has 0 N–H and O–H groups in total. The highest BCUT2D eigenvalue weighted by Crippen LogP contribution is 2.22. The Morgan fingerprint density at radius 2 is 2.00 bits per heavy atom. The number of rotatable bonds is 9. The Balaban J connectivity index is 2.22. The Kier molecular flexibility index (Phi) is 7.96. The van der Waals surface area contributed by atoms with E-state index in [0.717, 1.165) is 12.0 Å². The molecule has 18 heavy (non-hydrogen) atoms. The lowest BCUT2D eigenvalue weighted by atomic mass is 10.2. The second-order valence-electron chi connectivity index (χ2n) is 3.69. The van der Waals surface area contributed by atoms with Gasteiger partial charge in [-0.1, -0.05) is 15.9 Å². The Hall–Kier alpha value is -0.650. The first kappa shape index (κ1) is 15.4. The zero-order valence-electron chi connectivity index (χ0n) is 10.5. The Morgan fingerprint density at radius 1 is 1.17 bits per heavy atom. The predicted molar refractivity (Wildman–Crippen MR) is 71.8 cm³/mol. The smallest absolute Gasteiger partial charge is 0.123 e. The lowest BCUT2D eigenvalue weighted by molar-refractivity contribution is 0.0644. The van der Waals surface area contributed by atoms with Gasteiger partial charge in [0.1, 0.15) is 11.6 Å². The van der Waals surface area contributed by atoms with Gasteiger partial charge in [0.15, 0.2) is 0 Å². The van der Waals surface area contributed by atoms with Crippen LogP contribution in [0.25, 0.3) is 0 Å². The summed E-state index contributed by atoms with van der Waals surface area (Å²) in [5.74, 6) is 0.463. The standard InChI is InChI=1S/C13H18BrFO3/c1-16-7-8-17-5-2-6-18-13-4-3-12(15)9-11(13)10-14/h3-4,9H,2,5-8,10H2,1H3. The van der Waals surface area contributed by atoms with E-state index in [0.29, 0.717) is 37.5 Å². The van der Waals surface area contributed by atoms with Crippen LogP contribution in [0.5, 0.6) is 5.75 Å². The Bertz CT molecular complexity index is 347. The second-order valence-corrected chi connectivity index (χ2v) is 4.25. The Labute approximate surface area is 115 Å². The van der Waals surface area contributed by atoms with Crippen LogP contribution in [0.3, 0.4) is 0 Å². The van der Waals surface area contributed by atoms with Crippen LogP contribution in [0.4, 0.5) is 4.39 Å². The van der Waals surface area contributed by atoms with Crippen molar-refractivity contribution in [2.45, 2.75) is 11.8 Å². The summed E-state index contributed by atoms with van der Waals surface area (Å²) in [4.78, 5) is 0. The summed E-state index contributed by atoms with van der Waals surface area (Å²) < 4.78 is 28.7. The second kappa shape index (κ2) is 9.30. The molecular formula is C13H18BrFO3. The molecule has 0 radical (unpaired) electrons. The monoisotopic (exact) mass is 320 g/mol. The molecule has 0 aliphatic carbocycles. The number of methoxy groups -OCH3 is 1. The summed E-state index contributed by atoms with van der Waals surface area (Å²) in [6.07, 6.45) is 0.794. The van der Waals surface area contributed by atoms with Gasteiger partial charge in [-0.05, 0) is 18.2 Å². The van der Waals surface area contributed by atoms with Crippen molar-refractivity contribution >= 4 is 15.9 Å². The molecule has 0 atom stereocenters. The molecule has 0 aromatic heterocycles. The van der Waals surface area contributed by atoms with Gasteiger partial charge in [-0.3, -0.25) is 0 Å². The van der Waals surface area contributed by atoms with Crippen LogP contribution in [0.2, 0.25) is 0 Å². The molecular weight excluding hydrogens is 303 g/mol. The highest BCUT2D eigenvalue weighted by molar-refractivity contribution is 9.08. The van der Waals surface area contributed by atoms with E-state index in [-0.39, 0.29) is 5.82 Å². The van der Waals surface area contributed by atoms with E-state index in [4.69, 9.17) is 14.2 Å². The molecule has 0 saturated carbocycles. The maximum absolute atomic E-state index is 13.0. The Morgan fingerprint density at radius 3 is 2.72 bits per heavy atom. The fraction of sp³-hybridized carbons (Fsp3) is 0.538. The maximum atomic E-state index is 13.0. The van der Waals surface area contributed by atoms with E-state index in [1.165, 1.54) is 12.1 Å². The molecule has 1 aromatic carbocycles. The highest BCUT2D eigenvalue weighted by atomic mass is 79.9. The van der Waals surface area contributed by atoms with Crippen molar-refractivity contribution in [2.75, 3.05) is 33.5 Å². The first-order valence-corrected chi connectivity index (χ1v) is 6.94. The third-order valence-electron chi connectivity index (χ3n) is 2.29. The van der Waals surface area contributed by atoms with Crippen molar-refractivity contribution in [1.29, 1.82) is 0 Å². The van der Waals surface area contributed by atoms with Gasteiger partial charge in [-0.15, -0.1) is 0 Å². The van der Waals surface area contributed by atoms with Crippen LogP contribution in [0.1, 0.15) is 12.0 Å². The molecule has 3 nitrogen and oxygen atoms in total. The van der Waals surface area contributed by atoms with E-state index in [1.54, 1.807) is 13.2 Å². The molecule has 0 unspecified atom stereocenters. The van der Waals surface area contributed by atoms with Crippen molar-refractivity contribution < 1.29 is 18.6 Å². The minimum absolute atomic E-state index is 0.250. The zero-order valence-corrected chi connectivity index (χ0v) is 12.0. The number of hydrogen-bond acceptors (Lipinski definition) is 3. The summed E-state index contributed by atoms with van der Waals surface area (Å²) in [5, 5.41) is 0.574. The molecule has 1 aromatic rings. The molecule has 1 rings (SSSR count). The van der Waals surface area contributed by atoms with Crippen LogP contribution in [-0.4, -0.2) is 33.5 Å². The third-order valence-corrected chi connectivity index (χ3v) is 2.89. The molecule has 0 amide bonds. The van der Waals surface area contributed by atoms with Crippen LogP contribution in [0.15, 0.2) is 18.2 Å². The number of benzene rings is 1. The molecule has 102 valence electrons. The normalized spacial score (nSPS) is 10.6. The van der Waals surface area contributed by atoms with Crippen LogP contribution < -0.4 is 4.74 Å². The van der Waals surface area contributed by atoms with Crippen molar-refractivity contribution in [1.82, 2.24) is 0 Å². The van der Waals surface area contributed by atoms with Crippen molar-refractivity contribution in [3.8, 4) is 5.75 Å². The molecule has 5 heteroatoms. The first-order chi connectivity index (χ1) is 8.77. The van der Waals surface area contributed by atoms with Crippen molar-refractivity contribution in [3.05, 3.63) is 29.6 Å². The molecule has 0 bridgehead atoms. The summed E-state index contributed by atoms with van der Waals surface area (Å²) in [6, 6.07) is 4.52. The van der Waals surface area contributed by atoms with Gasteiger partial charge in [0.25, 0.3) is 0 Å². The summed E-state index contributed by atoms with van der Waals surface area (Å²) in [7, 11) is 1.64. The van der Waals surface area contributed by atoms with Crippen LogP contribution in [-0.2, 0) is 14.8 Å². The molecule has 0 spiro atoms. The number of ether oxygens (including phenoxy) is 3. The van der Waals surface area contributed by atoms with Crippen molar-refractivity contribution in [2.24, 2.45) is 0 Å². The summed E-state index contributed by atoms with van der Waals surface area (Å²) in [6.45, 7) is 2.39. The largest absolute Gasteiger partial charge is 0.493 e. The highest BCUT2D eigenvalue weighted by Gasteiger charge is 2.04. The lowest BCUT2D eigenvalue weighted by Gasteiger charge is -2.10. The molecule has 0 heterocycles. The predicted octanol–water partition coefficient (Wildman–Crippen LogP) is 3.15. The SMILES string of the molecule is COCCOCCCOc1ccc(F)cc1CBr. The zero-order chi connectivity index (χ0) is 13.2. The van der Waals surface area contributed by atoms with Gasteiger partial charge < -0.3 is 14.2 Å². The topological polar surface area (TPSA) is 27.7 Å². The molecule has 0 fully saturated rings. The molecule has 0 aliphatic rings. The number of halogens is 2. The minimum atomic E-state index is -0.250. The molecule has 0 saturated heterocycles. The summed E-state index contributed by atoms with van der Waals surface area (Å²) in [5.41, 5.74) is 0.815. The van der Waals surface area contributed by atoms with E-state index in [9.17, 15) is 4.39 Å². The van der Waals surface area contributed by atoms with E-state index >= 15 is 0 Å². The quantitative estimate of drug-likeness (QED) is 0.516. The number of alkyl halides is 1. The minimum Gasteiger partial charge on any atom is -0.493 e. The van der Waals surface area contributed by atoms with Gasteiger partial charge in [-0.2, -0.15) is 0 Å². The van der Waals surface area contributed by atoms with Gasteiger partial charge in [0.05, 0.1) is 19.8 Å². The van der Waals surface area contributed by atoms with Crippen molar-refractivity contribution in [3.63, 3.8) is 0 Å². The van der Waals surface area contributed by atoms with E-state index < -0.39 is 0 Å². The maximum Gasteiger partial charge on any atom is 0.123 e. The fourth-order valence-electron chi connectivity index (χ4n) is 1.38. The average Bonchev–Trinajstić information content (AvgIpc) is 2.39. The van der Waals surface area contributed by atoms with Crippen LogP contribution >= 0.6 is 15.9 Å². The van der Waals surface area contributed by atoms with Gasteiger partial charge in [-0.25, -0.2) is 4.39 Å². The summed E-state index contributed by atoms with van der Waals surface area (Å²) >= 11 is 3.31. The number of hydrogen-bond donors (Lipinski definition) is 0. The van der Waals surface area contributed by atoms with Gasteiger partial charge in [0.2, 0.25) is 0 Å². The fourth-order valence-corrected chi connectivity index (χ4v) is 1.82. The average molecular weight is 321 g/mol. The van der Waals surface area contributed by atoms with Gasteiger partial charge >= 0.3 is 0 Å². The van der Waals surface area contributed by atoms with Gasteiger partial charge in [0, 0.05) is 31.0 Å². The third kappa shape index (κ3) is 5.80. The van der Waals surface area contributed by atoms with E-state index in [1.807, 2.05) is 0 Å². The van der Waals surface area contributed by atoms with E-state index in [2.05, 4.69) is 15.9 Å². The first-order valence-electron chi connectivity index (χ1n) is 5.81.